The van der Waals surface area contributed by atoms with Crippen molar-refractivity contribution < 1.29 is 19.0 Å². The number of carbonyl (C=O) groups excluding carboxylic acids is 1. The number of fused-ring (bicyclic) bond motifs is 2. The highest BCUT2D eigenvalue weighted by atomic mass is 32.1. The van der Waals surface area contributed by atoms with E-state index >= 15 is 0 Å². The quantitative estimate of drug-likeness (QED) is 0.122. The summed E-state index contributed by atoms with van der Waals surface area (Å²) in [4.78, 5) is 16.9. The summed E-state index contributed by atoms with van der Waals surface area (Å²) in [5.41, 5.74) is 7.92. The molecule has 0 bridgehead atoms. The Kier molecular flexibility index (Phi) is 14.5. The van der Waals surface area contributed by atoms with Crippen molar-refractivity contribution in [2.75, 3.05) is 65.7 Å². The highest BCUT2D eigenvalue weighted by Crippen LogP contribution is 2.24. The van der Waals surface area contributed by atoms with Gasteiger partial charge in [-0.3, -0.25) is 0 Å². The fourth-order valence-electron chi connectivity index (χ4n) is 6.67. The fraction of sp³-hybridized carbons (Fsp3) is 0.575. The molecule has 2 aliphatic heterocycles. The van der Waals surface area contributed by atoms with E-state index in [0.29, 0.717) is 6.04 Å². The molecule has 4 heterocycles. The second-order valence-corrected chi connectivity index (χ2v) is 17.0. The smallest absolute Gasteiger partial charge is 0.408 e. The number of amides is 1. The molecule has 2 aromatic heterocycles. The number of nitrogens with zero attached hydrogens (tertiary/aromatic N) is 2. The zero-order valence-corrected chi connectivity index (χ0v) is 32.2. The standard InChI is InChI=1S/C23H34N2O3S.C17H24N2OS/c1-22(2,3)28-21(26)24-23(4)10-12-25(17-23)11-5-13-27-14-8-18-6-7-20-19(16-18)9-15-29-20;18-16-4-8-19(13-16)7-1-9-20-10-5-14-2-3-17-15(12-14)6-11-21-17/h6-7,9,15-16H,5,8,10-14,17H2,1-4H3,(H,24,26);2-3,6,11-12,16H,1,4-5,7-10,13,18H2. The van der Waals surface area contributed by atoms with Crippen molar-refractivity contribution in [3.05, 3.63) is 70.4 Å². The number of thiophene rings is 2. The minimum Gasteiger partial charge on any atom is -0.444 e. The summed E-state index contributed by atoms with van der Waals surface area (Å²) in [6, 6.07) is 18.1. The van der Waals surface area contributed by atoms with Gasteiger partial charge in [-0.1, -0.05) is 24.3 Å². The summed E-state index contributed by atoms with van der Waals surface area (Å²) in [7, 11) is 0. The molecule has 0 aliphatic carbocycles. The number of alkyl carbamates (subject to hydrolysis) is 1. The Hall–Kier alpha value is -2.57. The molecular formula is C40H58N4O4S2. The van der Waals surface area contributed by atoms with Gasteiger partial charge in [-0.25, -0.2) is 4.79 Å². The van der Waals surface area contributed by atoms with Crippen LogP contribution in [0.25, 0.3) is 20.2 Å². The van der Waals surface area contributed by atoms with Crippen LogP contribution in [0.2, 0.25) is 0 Å². The second-order valence-electron chi connectivity index (χ2n) is 15.1. The third kappa shape index (κ3) is 12.9. The molecule has 6 rings (SSSR count). The van der Waals surface area contributed by atoms with E-state index in [1.807, 2.05) is 20.8 Å². The van der Waals surface area contributed by atoms with Gasteiger partial charge in [-0.05, 0) is 130 Å². The van der Waals surface area contributed by atoms with Gasteiger partial charge in [0.2, 0.25) is 0 Å². The molecule has 0 saturated carbocycles. The summed E-state index contributed by atoms with van der Waals surface area (Å²) in [6.07, 6.45) is 5.83. The molecule has 3 N–H and O–H groups in total. The molecular weight excluding hydrogens is 665 g/mol. The molecule has 274 valence electrons. The minimum absolute atomic E-state index is 0.219. The molecule has 2 aromatic carbocycles. The van der Waals surface area contributed by atoms with Crippen molar-refractivity contribution in [2.24, 2.45) is 5.73 Å². The first-order valence-electron chi connectivity index (χ1n) is 18.3. The van der Waals surface area contributed by atoms with Gasteiger partial charge in [-0.2, -0.15) is 0 Å². The van der Waals surface area contributed by atoms with E-state index in [-0.39, 0.29) is 11.6 Å². The van der Waals surface area contributed by atoms with Crippen LogP contribution in [-0.2, 0) is 27.1 Å². The zero-order chi connectivity index (χ0) is 35.4. The van der Waals surface area contributed by atoms with Crippen LogP contribution in [0.5, 0.6) is 0 Å². The number of likely N-dealkylation sites (tertiary alicyclic amines) is 2. The van der Waals surface area contributed by atoms with E-state index in [2.05, 4.69) is 81.3 Å². The lowest BCUT2D eigenvalue weighted by molar-refractivity contribution is 0.0466. The first kappa shape index (κ1) is 38.7. The number of benzene rings is 2. The fourth-order valence-corrected chi connectivity index (χ4v) is 8.21. The molecule has 8 nitrogen and oxygen atoms in total. The van der Waals surface area contributed by atoms with Gasteiger partial charge < -0.3 is 35.1 Å². The van der Waals surface area contributed by atoms with E-state index < -0.39 is 5.60 Å². The summed E-state index contributed by atoms with van der Waals surface area (Å²) in [5.74, 6) is 0. The van der Waals surface area contributed by atoms with Gasteiger partial charge in [-0.15, -0.1) is 22.7 Å². The van der Waals surface area contributed by atoms with Crippen LogP contribution in [0.15, 0.2) is 59.3 Å². The summed E-state index contributed by atoms with van der Waals surface area (Å²) < 4.78 is 19.7. The maximum atomic E-state index is 12.1. The molecule has 1 amide bonds. The Bertz CT molecular complexity index is 1620. The molecule has 0 radical (unpaired) electrons. The topological polar surface area (TPSA) is 89.3 Å². The van der Waals surface area contributed by atoms with Crippen LogP contribution in [0.4, 0.5) is 4.79 Å². The molecule has 2 saturated heterocycles. The van der Waals surface area contributed by atoms with Gasteiger partial charge in [0.25, 0.3) is 0 Å². The highest BCUT2D eigenvalue weighted by molar-refractivity contribution is 7.17. The van der Waals surface area contributed by atoms with Crippen LogP contribution >= 0.6 is 22.7 Å². The van der Waals surface area contributed by atoms with E-state index in [4.69, 9.17) is 19.9 Å². The predicted octanol–water partition coefficient (Wildman–Crippen LogP) is 7.72. The summed E-state index contributed by atoms with van der Waals surface area (Å²) in [6.45, 7) is 17.1. The maximum Gasteiger partial charge on any atom is 0.408 e. The maximum absolute atomic E-state index is 12.1. The average molecular weight is 723 g/mol. The van der Waals surface area contributed by atoms with Crippen molar-refractivity contribution in [3.8, 4) is 0 Å². The number of ether oxygens (including phenoxy) is 3. The van der Waals surface area contributed by atoms with Crippen molar-refractivity contribution in [2.45, 2.75) is 83.4 Å². The highest BCUT2D eigenvalue weighted by Gasteiger charge is 2.36. The van der Waals surface area contributed by atoms with Crippen LogP contribution < -0.4 is 11.1 Å². The van der Waals surface area contributed by atoms with E-state index in [1.54, 1.807) is 22.7 Å². The number of nitrogens with one attached hydrogen (secondary N) is 1. The van der Waals surface area contributed by atoms with Crippen molar-refractivity contribution in [3.63, 3.8) is 0 Å². The van der Waals surface area contributed by atoms with E-state index in [1.165, 1.54) is 31.3 Å². The summed E-state index contributed by atoms with van der Waals surface area (Å²) >= 11 is 3.58. The molecule has 0 spiro atoms. The lowest BCUT2D eigenvalue weighted by atomic mass is 10.0. The largest absolute Gasteiger partial charge is 0.444 e. The average Bonchev–Trinajstić information content (AvgIpc) is 3.87. The number of nitrogens with two attached hydrogens (primary N) is 1. The van der Waals surface area contributed by atoms with Gasteiger partial charge in [0.1, 0.15) is 5.60 Å². The Labute approximate surface area is 307 Å². The normalized spacial score (nSPS) is 20.0. The Morgan fingerprint density at radius 1 is 0.860 bits per heavy atom. The molecule has 2 atom stereocenters. The third-order valence-electron chi connectivity index (χ3n) is 9.29. The van der Waals surface area contributed by atoms with Gasteiger partial charge >= 0.3 is 6.09 Å². The lowest BCUT2D eigenvalue weighted by Crippen LogP contribution is -2.49. The van der Waals surface area contributed by atoms with E-state index in [0.717, 1.165) is 104 Å². The molecule has 10 heteroatoms. The van der Waals surface area contributed by atoms with Gasteiger partial charge in [0.15, 0.2) is 0 Å². The van der Waals surface area contributed by atoms with Crippen LogP contribution in [0.1, 0.15) is 64.5 Å². The molecule has 4 aromatic rings. The van der Waals surface area contributed by atoms with Crippen molar-refractivity contribution in [1.82, 2.24) is 15.1 Å². The first-order valence-corrected chi connectivity index (χ1v) is 20.1. The van der Waals surface area contributed by atoms with E-state index in [9.17, 15) is 4.79 Å². The number of hydrogen-bond donors (Lipinski definition) is 2. The number of carbonyl (C=O) groups is 1. The van der Waals surface area contributed by atoms with Crippen molar-refractivity contribution >= 4 is 48.9 Å². The minimum atomic E-state index is -0.467. The lowest BCUT2D eigenvalue weighted by Gasteiger charge is -2.28. The van der Waals surface area contributed by atoms with Crippen LogP contribution in [0.3, 0.4) is 0 Å². The second kappa shape index (κ2) is 18.8. The Morgan fingerprint density at radius 2 is 1.44 bits per heavy atom. The Morgan fingerprint density at radius 3 is 1.98 bits per heavy atom. The third-order valence-corrected chi connectivity index (χ3v) is 11.1. The molecule has 2 unspecified atom stereocenters. The SMILES string of the molecule is CC1(NC(=O)OC(C)(C)C)CCN(CCCOCCc2ccc3sccc3c2)C1.NC1CCN(CCCOCCc2ccc3sccc3c2)C1. The van der Waals surface area contributed by atoms with Gasteiger partial charge in [0.05, 0.1) is 18.8 Å². The van der Waals surface area contributed by atoms with Crippen molar-refractivity contribution in [1.29, 1.82) is 0 Å². The molecule has 2 aliphatic rings. The molecule has 2 fully saturated rings. The van der Waals surface area contributed by atoms with Crippen LogP contribution in [0, 0.1) is 0 Å². The first-order chi connectivity index (χ1) is 24.0. The predicted molar refractivity (Wildman–Crippen MR) is 210 cm³/mol. The zero-order valence-electron chi connectivity index (χ0n) is 30.6. The Balaban J connectivity index is 0.000000204. The number of hydrogen-bond acceptors (Lipinski definition) is 9. The van der Waals surface area contributed by atoms with Crippen LogP contribution in [-0.4, -0.2) is 98.8 Å². The monoisotopic (exact) mass is 722 g/mol. The number of rotatable bonds is 15. The summed E-state index contributed by atoms with van der Waals surface area (Å²) in [5, 5.41) is 10.0. The molecule has 50 heavy (non-hydrogen) atoms. The van der Waals surface area contributed by atoms with Gasteiger partial charge in [0, 0.05) is 61.4 Å².